The van der Waals surface area contributed by atoms with Gasteiger partial charge in [0.1, 0.15) is 0 Å². The Kier molecular flexibility index (Phi) is 5.53. The van der Waals surface area contributed by atoms with Crippen LogP contribution in [-0.2, 0) is 0 Å². The summed E-state index contributed by atoms with van der Waals surface area (Å²) in [4.78, 5) is 0. The van der Waals surface area contributed by atoms with Crippen LogP contribution in [0.15, 0.2) is 11.4 Å². The van der Waals surface area contributed by atoms with E-state index in [0.29, 0.717) is 6.04 Å². The Morgan fingerprint density at radius 3 is 2.86 bits per heavy atom. The van der Waals surface area contributed by atoms with Crippen molar-refractivity contribution in [1.29, 1.82) is 0 Å². The van der Waals surface area contributed by atoms with Crippen LogP contribution >= 0.6 is 22.9 Å². The molecule has 0 fully saturated rings. The van der Waals surface area contributed by atoms with Crippen molar-refractivity contribution < 1.29 is 0 Å². The van der Waals surface area contributed by atoms with Crippen molar-refractivity contribution in [3.63, 3.8) is 0 Å². The fourth-order valence-corrected chi connectivity index (χ4v) is 2.35. The van der Waals surface area contributed by atoms with E-state index in [-0.39, 0.29) is 0 Å². The van der Waals surface area contributed by atoms with Gasteiger partial charge in [0.05, 0.1) is 4.34 Å². The van der Waals surface area contributed by atoms with E-state index in [9.17, 15) is 0 Å². The largest absolute Gasteiger partial charge is 0.310 e. The maximum Gasteiger partial charge on any atom is 0.0931 e. The van der Waals surface area contributed by atoms with Crippen molar-refractivity contribution in [1.82, 2.24) is 5.32 Å². The molecule has 1 heterocycles. The third kappa shape index (κ3) is 3.99. The predicted octanol–water partition coefficient (Wildman–Crippen LogP) is 4.24. The van der Waals surface area contributed by atoms with Crippen LogP contribution in [0, 0.1) is 0 Å². The van der Waals surface area contributed by atoms with Gasteiger partial charge in [0, 0.05) is 6.04 Å². The third-order valence-electron chi connectivity index (χ3n) is 2.32. The number of unbranched alkanes of at least 4 members (excludes halogenated alkanes) is 2. The summed E-state index contributed by atoms with van der Waals surface area (Å²) in [6, 6.07) is 2.47. The highest BCUT2D eigenvalue weighted by atomic mass is 35.5. The molecule has 14 heavy (non-hydrogen) atoms. The summed E-state index contributed by atoms with van der Waals surface area (Å²) in [5, 5.41) is 5.62. The molecule has 1 N–H and O–H groups in total. The molecule has 1 aromatic rings. The molecule has 1 nitrogen and oxygen atoms in total. The summed E-state index contributed by atoms with van der Waals surface area (Å²) in [5.74, 6) is 0. The average molecular weight is 232 g/mol. The zero-order valence-corrected chi connectivity index (χ0v) is 10.4. The molecule has 0 amide bonds. The third-order valence-corrected chi connectivity index (χ3v) is 3.43. The van der Waals surface area contributed by atoms with Crippen molar-refractivity contribution in [2.45, 2.75) is 39.2 Å². The van der Waals surface area contributed by atoms with Crippen LogP contribution in [0.25, 0.3) is 0 Å². The molecule has 0 spiro atoms. The highest BCUT2D eigenvalue weighted by Gasteiger charge is 2.05. The van der Waals surface area contributed by atoms with Crippen molar-refractivity contribution in [2.75, 3.05) is 6.54 Å². The van der Waals surface area contributed by atoms with Crippen LogP contribution in [-0.4, -0.2) is 6.54 Å². The lowest BCUT2D eigenvalue weighted by Gasteiger charge is -2.11. The van der Waals surface area contributed by atoms with Crippen LogP contribution in [0.2, 0.25) is 4.34 Å². The molecule has 0 radical (unpaired) electrons. The number of nitrogens with one attached hydrogen (secondary N) is 1. The first kappa shape index (κ1) is 12.0. The second-order valence-corrected chi connectivity index (χ2v) is 5.11. The van der Waals surface area contributed by atoms with E-state index in [0.717, 1.165) is 10.9 Å². The van der Waals surface area contributed by atoms with Gasteiger partial charge in [-0.2, -0.15) is 0 Å². The topological polar surface area (TPSA) is 12.0 Å². The molecule has 3 heteroatoms. The lowest BCUT2D eigenvalue weighted by molar-refractivity contribution is 0.545. The van der Waals surface area contributed by atoms with Gasteiger partial charge in [0.15, 0.2) is 0 Å². The molecule has 0 aliphatic rings. The van der Waals surface area contributed by atoms with Gasteiger partial charge in [-0.3, -0.25) is 0 Å². The summed E-state index contributed by atoms with van der Waals surface area (Å²) in [6.07, 6.45) is 3.85. The van der Waals surface area contributed by atoms with Crippen LogP contribution in [0.5, 0.6) is 0 Å². The summed E-state index contributed by atoms with van der Waals surface area (Å²) in [6.45, 7) is 5.51. The van der Waals surface area contributed by atoms with E-state index in [2.05, 4.69) is 24.5 Å². The molecular formula is C11H18ClNS. The Bertz CT molecular complexity index is 260. The van der Waals surface area contributed by atoms with E-state index in [4.69, 9.17) is 11.6 Å². The molecule has 1 rings (SSSR count). The molecule has 1 atom stereocenters. The van der Waals surface area contributed by atoms with E-state index < -0.39 is 0 Å². The normalized spacial score (nSPS) is 13.1. The van der Waals surface area contributed by atoms with Gasteiger partial charge in [-0.1, -0.05) is 31.4 Å². The van der Waals surface area contributed by atoms with Crippen LogP contribution in [0.3, 0.4) is 0 Å². The highest BCUT2D eigenvalue weighted by molar-refractivity contribution is 7.14. The maximum absolute atomic E-state index is 5.88. The maximum atomic E-state index is 5.88. The van der Waals surface area contributed by atoms with E-state index in [1.54, 1.807) is 11.3 Å². The van der Waals surface area contributed by atoms with Gasteiger partial charge >= 0.3 is 0 Å². The van der Waals surface area contributed by atoms with Gasteiger partial charge in [0.25, 0.3) is 0 Å². The predicted molar refractivity (Wildman–Crippen MR) is 65.3 cm³/mol. The van der Waals surface area contributed by atoms with Crippen molar-refractivity contribution in [3.8, 4) is 0 Å². The van der Waals surface area contributed by atoms with Crippen LogP contribution in [0.4, 0.5) is 0 Å². The number of thiophene rings is 1. The van der Waals surface area contributed by atoms with Gasteiger partial charge in [-0.25, -0.2) is 0 Å². The molecule has 80 valence electrons. The second-order valence-electron chi connectivity index (χ2n) is 3.57. The fraction of sp³-hybridized carbons (Fsp3) is 0.636. The van der Waals surface area contributed by atoms with E-state index in [1.165, 1.54) is 24.8 Å². The van der Waals surface area contributed by atoms with Crippen LogP contribution < -0.4 is 5.32 Å². The molecule has 0 saturated heterocycles. The van der Waals surface area contributed by atoms with Crippen molar-refractivity contribution in [3.05, 3.63) is 21.3 Å². The Morgan fingerprint density at radius 1 is 1.50 bits per heavy atom. The number of hydrogen-bond donors (Lipinski definition) is 1. The average Bonchev–Trinajstić information content (AvgIpc) is 2.59. The lowest BCUT2D eigenvalue weighted by Crippen LogP contribution is -2.19. The Morgan fingerprint density at radius 2 is 2.29 bits per heavy atom. The minimum atomic E-state index is 0.426. The molecule has 0 aliphatic heterocycles. The minimum absolute atomic E-state index is 0.426. The summed E-state index contributed by atoms with van der Waals surface area (Å²) < 4.78 is 0.877. The molecule has 0 saturated carbocycles. The first-order valence-corrected chi connectivity index (χ1v) is 6.47. The number of rotatable bonds is 6. The monoisotopic (exact) mass is 231 g/mol. The first-order chi connectivity index (χ1) is 6.74. The molecule has 0 aromatic carbocycles. The highest BCUT2D eigenvalue weighted by Crippen LogP contribution is 2.24. The van der Waals surface area contributed by atoms with Gasteiger partial charge in [0.2, 0.25) is 0 Å². The van der Waals surface area contributed by atoms with Gasteiger partial charge in [-0.05, 0) is 36.9 Å². The smallest absolute Gasteiger partial charge is 0.0931 e. The van der Waals surface area contributed by atoms with Gasteiger partial charge in [-0.15, -0.1) is 11.3 Å². The summed E-state index contributed by atoms with van der Waals surface area (Å²) in [7, 11) is 0. The molecule has 1 aromatic heterocycles. The Hall–Kier alpha value is -0.0500. The molecule has 1 unspecified atom stereocenters. The summed E-state index contributed by atoms with van der Waals surface area (Å²) >= 11 is 7.48. The quantitative estimate of drug-likeness (QED) is 0.722. The minimum Gasteiger partial charge on any atom is -0.310 e. The fourth-order valence-electron chi connectivity index (χ4n) is 1.36. The summed E-state index contributed by atoms with van der Waals surface area (Å²) in [5.41, 5.74) is 1.30. The molecule has 0 bridgehead atoms. The number of hydrogen-bond acceptors (Lipinski definition) is 2. The zero-order valence-electron chi connectivity index (χ0n) is 8.85. The second kappa shape index (κ2) is 6.44. The molecular weight excluding hydrogens is 214 g/mol. The Balaban J connectivity index is 2.25. The van der Waals surface area contributed by atoms with Crippen molar-refractivity contribution in [2.24, 2.45) is 0 Å². The van der Waals surface area contributed by atoms with E-state index >= 15 is 0 Å². The zero-order chi connectivity index (χ0) is 10.4. The standard InChI is InChI=1S/C11H18ClNS/c1-3-4-5-6-13-9(2)10-7-11(12)14-8-10/h7-9,13H,3-6H2,1-2H3. The SMILES string of the molecule is CCCCCNC(C)c1csc(Cl)c1. The molecule has 0 aliphatic carbocycles. The first-order valence-electron chi connectivity index (χ1n) is 5.21. The van der Waals surface area contributed by atoms with E-state index in [1.807, 2.05) is 6.07 Å². The number of halogens is 1. The van der Waals surface area contributed by atoms with Crippen molar-refractivity contribution >= 4 is 22.9 Å². The van der Waals surface area contributed by atoms with Gasteiger partial charge < -0.3 is 5.32 Å². The lowest BCUT2D eigenvalue weighted by atomic mass is 10.2. The van der Waals surface area contributed by atoms with Crippen LogP contribution in [0.1, 0.15) is 44.7 Å². The Labute approximate surface area is 95.5 Å².